The molecule has 1 heterocycles. The minimum atomic E-state index is -1.14. The number of hydrogen-bond donors (Lipinski definition) is 1. The summed E-state index contributed by atoms with van der Waals surface area (Å²) >= 11 is 0. The van der Waals surface area contributed by atoms with Crippen molar-refractivity contribution in [2.24, 2.45) is 0 Å². The van der Waals surface area contributed by atoms with E-state index in [1.165, 1.54) is 13.8 Å². The second kappa shape index (κ2) is 5.09. The Morgan fingerprint density at radius 3 is 2.60 bits per heavy atom. The Bertz CT molecular complexity index is 251. The normalized spacial score (nSPS) is 29.9. The van der Waals surface area contributed by atoms with Crippen LogP contribution < -0.4 is 0 Å². The number of hydrogen-bond acceptors (Lipinski definition) is 6. The van der Waals surface area contributed by atoms with Gasteiger partial charge in [-0.1, -0.05) is 0 Å². The van der Waals surface area contributed by atoms with Gasteiger partial charge in [0.05, 0.1) is 6.10 Å². The maximum Gasteiger partial charge on any atom is 0.303 e. The average Bonchev–Trinajstić information content (AvgIpc) is 2.43. The van der Waals surface area contributed by atoms with Crippen LogP contribution in [0.3, 0.4) is 0 Å². The van der Waals surface area contributed by atoms with Crippen LogP contribution in [0.2, 0.25) is 0 Å². The summed E-state index contributed by atoms with van der Waals surface area (Å²) in [6.07, 6.45) is -1.92. The van der Waals surface area contributed by atoms with Crippen molar-refractivity contribution in [1.82, 2.24) is 0 Å². The second-order valence-electron chi connectivity index (χ2n) is 3.33. The molecule has 1 N–H and O–H groups in total. The molecule has 1 aliphatic rings. The van der Waals surface area contributed by atoms with Crippen molar-refractivity contribution >= 4 is 11.9 Å². The summed E-state index contributed by atoms with van der Waals surface area (Å²) in [5, 5.41) is 9.33. The van der Waals surface area contributed by atoms with E-state index in [0.29, 0.717) is 6.42 Å². The van der Waals surface area contributed by atoms with Crippen molar-refractivity contribution < 1.29 is 28.9 Å². The van der Waals surface area contributed by atoms with E-state index < -0.39 is 30.4 Å². The van der Waals surface area contributed by atoms with E-state index in [1.807, 2.05) is 0 Å². The Balaban J connectivity index is 2.34. The van der Waals surface area contributed by atoms with Gasteiger partial charge in [-0.2, -0.15) is 0 Å². The van der Waals surface area contributed by atoms with Crippen LogP contribution >= 0.6 is 0 Å². The summed E-state index contributed by atoms with van der Waals surface area (Å²) in [6.45, 7) is 2.60. The zero-order chi connectivity index (χ0) is 11.4. The summed E-state index contributed by atoms with van der Waals surface area (Å²) in [5.41, 5.74) is 0. The van der Waals surface area contributed by atoms with Crippen LogP contribution in [0, 0.1) is 0 Å². The highest BCUT2D eigenvalue weighted by molar-refractivity contribution is 5.66. The predicted octanol–water partition coefficient (Wildman–Crippen LogP) is -0.412. The molecule has 0 aromatic rings. The van der Waals surface area contributed by atoms with E-state index in [2.05, 4.69) is 0 Å². The van der Waals surface area contributed by atoms with Gasteiger partial charge in [0.25, 0.3) is 0 Å². The molecule has 1 fully saturated rings. The SMILES string of the molecule is CC(=O)OC[C@H]1C[C@@H](OC(C)=O)C(O)O1. The lowest BCUT2D eigenvalue weighted by atomic mass is 10.2. The first-order chi connectivity index (χ1) is 6.99. The van der Waals surface area contributed by atoms with Crippen molar-refractivity contribution in [3.05, 3.63) is 0 Å². The Morgan fingerprint density at radius 2 is 2.07 bits per heavy atom. The van der Waals surface area contributed by atoms with Crippen LogP contribution in [-0.4, -0.2) is 42.1 Å². The van der Waals surface area contributed by atoms with E-state index in [1.54, 1.807) is 0 Å². The van der Waals surface area contributed by atoms with Crippen LogP contribution in [0.1, 0.15) is 20.3 Å². The van der Waals surface area contributed by atoms with Crippen LogP contribution in [0.4, 0.5) is 0 Å². The highest BCUT2D eigenvalue weighted by atomic mass is 16.7. The molecule has 0 aliphatic carbocycles. The fourth-order valence-electron chi connectivity index (χ4n) is 1.35. The molecule has 0 spiro atoms. The predicted molar refractivity (Wildman–Crippen MR) is 47.7 cm³/mol. The van der Waals surface area contributed by atoms with Crippen LogP contribution in [0.5, 0.6) is 0 Å². The third kappa shape index (κ3) is 3.85. The smallest absolute Gasteiger partial charge is 0.303 e. The first-order valence-electron chi connectivity index (χ1n) is 4.63. The lowest BCUT2D eigenvalue weighted by Gasteiger charge is -2.11. The van der Waals surface area contributed by atoms with Gasteiger partial charge in [-0.05, 0) is 0 Å². The summed E-state index contributed by atoms with van der Waals surface area (Å²) < 4.78 is 14.5. The topological polar surface area (TPSA) is 82.1 Å². The number of aliphatic hydroxyl groups excluding tert-OH is 1. The van der Waals surface area contributed by atoms with E-state index in [4.69, 9.17) is 14.2 Å². The van der Waals surface area contributed by atoms with Gasteiger partial charge in [0, 0.05) is 20.3 Å². The molecule has 1 aliphatic heterocycles. The van der Waals surface area contributed by atoms with Gasteiger partial charge in [-0.3, -0.25) is 9.59 Å². The van der Waals surface area contributed by atoms with E-state index in [-0.39, 0.29) is 6.61 Å². The number of aliphatic hydroxyl groups is 1. The molecule has 6 nitrogen and oxygen atoms in total. The molecule has 86 valence electrons. The van der Waals surface area contributed by atoms with Crippen molar-refractivity contribution in [2.75, 3.05) is 6.61 Å². The molecule has 1 unspecified atom stereocenters. The van der Waals surface area contributed by atoms with E-state index in [0.717, 1.165) is 0 Å². The monoisotopic (exact) mass is 218 g/mol. The van der Waals surface area contributed by atoms with Gasteiger partial charge in [0.2, 0.25) is 0 Å². The minimum absolute atomic E-state index is 0.0597. The summed E-state index contributed by atoms with van der Waals surface area (Å²) in [6, 6.07) is 0. The number of ether oxygens (including phenoxy) is 3. The largest absolute Gasteiger partial charge is 0.463 e. The zero-order valence-corrected chi connectivity index (χ0v) is 8.63. The van der Waals surface area contributed by atoms with Gasteiger partial charge >= 0.3 is 11.9 Å². The van der Waals surface area contributed by atoms with Crippen LogP contribution in [0.15, 0.2) is 0 Å². The lowest BCUT2D eigenvalue weighted by Crippen LogP contribution is -2.25. The van der Waals surface area contributed by atoms with Crippen molar-refractivity contribution in [3.63, 3.8) is 0 Å². The highest BCUT2D eigenvalue weighted by Crippen LogP contribution is 2.21. The van der Waals surface area contributed by atoms with Crippen LogP contribution in [-0.2, 0) is 23.8 Å². The van der Waals surface area contributed by atoms with Gasteiger partial charge in [-0.25, -0.2) is 0 Å². The molecular weight excluding hydrogens is 204 g/mol. The summed E-state index contributed by atoms with van der Waals surface area (Å²) in [5.74, 6) is -0.889. The maximum absolute atomic E-state index is 10.6. The van der Waals surface area contributed by atoms with Crippen molar-refractivity contribution in [3.8, 4) is 0 Å². The number of esters is 2. The molecule has 0 aromatic heterocycles. The third-order valence-electron chi connectivity index (χ3n) is 1.93. The quantitative estimate of drug-likeness (QED) is 0.648. The second-order valence-corrected chi connectivity index (χ2v) is 3.33. The molecule has 0 bridgehead atoms. The molecular formula is C9H14O6. The molecule has 1 rings (SSSR count). The number of carbonyl (C=O) groups excluding carboxylic acids is 2. The van der Waals surface area contributed by atoms with E-state index in [9.17, 15) is 14.7 Å². The molecule has 1 saturated heterocycles. The molecule has 6 heteroatoms. The molecule has 3 atom stereocenters. The Morgan fingerprint density at radius 1 is 1.40 bits per heavy atom. The van der Waals surface area contributed by atoms with Crippen LogP contribution in [0.25, 0.3) is 0 Å². The average molecular weight is 218 g/mol. The Labute approximate surface area is 87.1 Å². The first-order valence-corrected chi connectivity index (χ1v) is 4.63. The number of rotatable bonds is 3. The fourth-order valence-corrected chi connectivity index (χ4v) is 1.35. The molecule has 0 saturated carbocycles. The van der Waals surface area contributed by atoms with Crippen molar-refractivity contribution in [2.45, 2.75) is 38.8 Å². The zero-order valence-electron chi connectivity index (χ0n) is 8.63. The molecule has 0 amide bonds. The maximum atomic E-state index is 10.6. The molecule has 0 radical (unpaired) electrons. The third-order valence-corrected chi connectivity index (χ3v) is 1.93. The Hall–Kier alpha value is -1.14. The summed E-state index contributed by atoms with van der Waals surface area (Å²) in [4.78, 5) is 21.2. The number of carbonyl (C=O) groups is 2. The minimum Gasteiger partial charge on any atom is -0.463 e. The first kappa shape index (κ1) is 11.9. The van der Waals surface area contributed by atoms with E-state index >= 15 is 0 Å². The van der Waals surface area contributed by atoms with Gasteiger partial charge in [0.15, 0.2) is 12.4 Å². The summed E-state index contributed by atoms with van der Waals surface area (Å²) in [7, 11) is 0. The Kier molecular flexibility index (Phi) is 4.05. The van der Waals surface area contributed by atoms with Gasteiger partial charge < -0.3 is 19.3 Å². The van der Waals surface area contributed by atoms with Gasteiger partial charge in [0.1, 0.15) is 6.61 Å². The standard InChI is InChI=1S/C9H14O6/c1-5(10)13-4-7-3-8(9(12)15-7)14-6(2)11/h7-9,12H,3-4H2,1-2H3/t7-,8-,9?/m1/s1. The fraction of sp³-hybridized carbons (Fsp3) is 0.778. The van der Waals surface area contributed by atoms with Crippen molar-refractivity contribution in [1.29, 1.82) is 0 Å². The molecule has 15 heavy (non-hydrogen) atoms. The lowest BCUT2D eigenvalue weighted by molar-refractivity contribution is -0.170. The van der Waals surface area contributed by atoms with Gasteiger partial charge in [-0.15, -0.1) is 0 Å². The highest BCUT2D eigenvalue weighted by Gasteiger charge is 2.36. The molecule has 0 aromatic carbocycles.